The van der Waals surface area contributed by atoms with Crippen molar-refractivity contribution in [3.63, 3.8) is 0 Å². The van der Waals surface area contributed by atoms with Crippen LogP contribution in [-0.4, -0.2) is 20.1 Å². The Bertz CT molecular complexity index is 328. The zero-order valence-electron chi connectivity index (χ0n) is 8.35. The van der Waals surface area contributed by atoms with Gasteiger partial charge in [-0.2, -0.15) is 0 Å². The summed E-state index contributed by atoms with van der Waals surface area (Å²) in [6.45, 7) is 2.86. The highest BCUT2D eigenvalue weighted by Gasteiger charge is 2.08. The number of benzene rings is 1. The summed E-state index contributed by atoms with van der Waals surface area (Å²) in [4.78, 5) is 1.84. The molecule has 0 aliphatic heterocycles. The Morgan fingerprint density at radius 3 is 2.71 bits per heavy atom. The van der Waals surface area contributed by atoms with Crippen LogP contribution in [0.5, 0.6) is 0 Å². The first-order chi connectivity index (χ1) is 6.56. The molecular weight excluding hydrogens is 203 g/mol. The molecule has 14 heavy (non-hydrogen) atoms. The van der Waals surface area contributed by atoms with Crippen molar-refractivity contribution in [1.82, 2.24) is 0 Å². The van der Waals surface area contributed by atoms with Gasteiger partial charge < -0.3 is 10.6 Å². The molecule has 0 radical (unpaired) electrons. The van der Waals surface area contributed by atoms with Crippen molar-refractivity contribution < 1.29 is 4.39 Å². The predicted octanol–water partition coefficient (Wildman–Crippen LogP) is 2.18. The average Bonchev–Trinajstić information content (AvgIpc) is 2.11. The molecule has 0 aliphatic rings. The van der Waals surface area contributed by atoms with Crippen molar-refractivity contribution in [2.45, 2.75) is 6.92 Å². The molecule has 1 aromatic carbocycles. The summed E-state index contributed by atoms with van der Waals surface area (Å²) in [6, 6.07) is 3.06. The Morgan fingerprint density at radius 2 is 2.14 bits per heavy atom. The number of nitrogens with zero attached hydrogens (tertiary/aromatic N) is 1. The van der Waals surface area contributed by atoms with E-state index in [2.05, 4.69) is 0 Å². The molecule has 78 valence electrons. The van der Waals surface area contributed by atoms with Crippen LogP contribution < -0.4 is 10.6 Å². The highest BCUT2D eigenvalue weighted by atomic mass is 35.5. The molecule has 0 aromatic heterocycles. The van der Waals surface area contributed by atoms with Gasteiger partial charge in [0.2, 0.25) is 0 Å². The van der Waals surface area contributed by atoms with Crippen LogP contribution >= 0.6 is 11.6 Å². The quantitative estimate of drug-likeness (QED) is 0.839. The van der Waals surface area contributed by atoms with E-state index in [1.807, 2.05) is 11.9 Å². The van der Waals surface area contributed by atoms with Crippen LogP contribution in [0.3, 0.4) is 0 Å². The first-order valence-electron chi connectivity index (χ1n) is 4.43. The van der Waals surface area contributed by atoms with E-state index in [4.69, 9.17) is 17.3 Å². The van der Waals surface area contributed by atoms with Crippen LogP contribution in [0.25, 0.3) is 0 Å². The Labute approximate surface area is 88.5 Å². The lowest BCUT2D eigenvalue weighted by Gasteiger charge is -2.20. The molecule has 0 heterocycles. The number of nitrogens with two attached hydrogens (primary N) is 1. The summed E-state index contributed by atoms with van der Waals surface area (Å²) in [6.07, 6.45) is 0. The second-order valence-electron chi connectivity index (χ2n) is 3.26. The third kappa shape index (κ3) is 2.36. The maximum atomic E-state index is 13.2. The zero-order chi connectivity index (χ0) is 10.7. The van der Waals surface area contributed by atoms with Crippen molar-refractivity contribution in [3.8, 4) is 0 Å². The molecule has 0 fully saturated rings. The summed E-state index contributed by atoms with van der Waals surface area (Å²) in [5, 5.41) is 0.555. The van der Waals surface area contributed by atoms with Gasteiger partial charge in [0.1, 0.15) is 5.82 Å². The molecule has 0 aliphatic carbocycles. The van der Waals surface area contributed by atoms with Crippen LogP contribution in [0.2, 0.25) is 5.02 Å². The van der Waals surface area contributed by atoms with Crippen molar-refractivity contribution in [2.75, 3.05) is 25.0 Å². The minimum absolute atomic E-state index is 0.242. The van der Waals surface area contributed by atoms with E-state index in [9.17, 15) is 4.39 Å². The molecule has 0 spiro atoms. The Morgan fingerprint density at radius 1 is 1.50 bits per heavy atom. The number of hydrogen-bond donors (Lipinski definition) is 1. The second-order valence-corrected chi connectivity index (χ2v) is 3.67. The van der Waals surface area contributed by atoms with Gasteiger partial charge in [-0.1, -0.05) is 11.6 Å². The lowest BCUT2D eigenvalue weighted by Crippen LogP contribution is -2.25. The van der Waals surface area contributed by atoms with E-state index >= 15 is 0 Å². The van der Waals surface area contributed by atoms with Gasteiger partial charge in [0.05, 0.1) is 10.7 Å². The fraction of sp³-hybridized carbons (Fsp3) is 0.400. The van der Waals surface area contributed by atoms with E-state index in [0.29, 0.717) is 29.4 Å². The topological polar surface area (TPSA) is 29.3 Å². The average molecular weight is 217 g/mol. The van der Waals surface area contributed by atoms with Gasteiger partial charge in [0.15, 0.2) is 0 Å². The summed E-state index contributed by atoms with van der Waals surface area (Å²) in [7, 11) is 1.84. The van der Waals surface area contributed by atoms with Gasteiger partial charge in [-0.25, -0.2) is 4.39 Å². The summed E-state index contributed by atoms with van der Waals surface area (Å²) < 4.78 is 13.2. The minimum Gasteiger partial charge on any atom is -0.372 e. The third-order valence-corrected chi connectivity index (χ3v) is 2.41. The molecule has 0 unspecified atom stereocenters. The number of likely N-dealkylation sites (N-methyl/N-ethyl adjacent to an activating group) is 1. The second kappa shape index (κ2) is 4.62. The number of hydrogen-bond acceptors (Lipinski definition) is 2. The van der Waals surface area contributed by atoms with Crippen molar-refractivity contribution in [3.05, 3.63) is 28.5 Å². The van der Waals surface area contributed by atoms with Gasteiger partial charge in [-0.3, -0.25) is 0 Å². The standard InChI is InChI=1S/C10H14ClFN2/c1-7-5-8(11)10(6-9(7)12)14(2)4-3-13/h5-6H,3-4,13H2,1-2H3. The zero-order valence-corrected chi connectivity index (χ0v) is 9.11. The maximum absolute atomic E-state index is 13.2. The summed E-state index contributed by atoms with van der Waals surface area (Å²) >= 11 is 5.98. The molecule has 1 rings (SSSR count). The highest BCUT2D eigenvalue weighted by molar-refractivity contribution is 6.33. The van der Waals surface area contributed by atoms with E-state index in [0.717, 1.165) is 0 Å². The normalized spacial score (nSPS) is 10.4. The van der Waals surface area contributed by atoms with Crippen LogP contribution in [0.4, 0.5) is 10.1 Å². The first-order valence-corrected chi connectivity index (χ1v) is 4.81. The van der Waals surface area contributed by atoms with E-state index < -0.39 is 0 Å². The Kier molecular flexibility index (Phi) is 3.72. The molecular formula is C10H14ClFN2. The van der Waals surface area contributed by atoms with Crippen LogP contribution in [0, 0.1) is 12.7 Å². The fourth-order valence-electron chi connectivity index (χ4n) is 1.24. The van der Waals surface area contributed by atoms with Crippen LogP contribution in [-0.2, 0) is 0 Å². The minimum atomic E-state index is -0.242. The number of anilines is 1. The van der Waals surface area contributed by atoms with E-state index in [1.54, 1.807) is 13.0 Å². The molecule has 0 saturated carbocycles. The Balaban J connectivity index is 3.02. The number of aryl methyl sites for hydroxylation is 1. The molecule has 0 bridgehead atoms. The van der Waals surface area contributed by atoms with Gasteiger partial charge in [-0.05, 0) is 24.6 Å². The molecule has 0 amide bonds. The molecule has 4 heteroatoms. The molecule has 0 saturated heterocycles. The fourth-order valence-corrected chi connectivity index (χ4v) is 1.60. The number of halogens is 2. The highest BCUT2D eigenvalue weighted by Crippen LogP contribution is 2.27. The third-order valence-electron chi connectivity index (χ3n) is 2.10. The van der Waals surface area contributed by atoms with Gasteiger partial charge in [0, 0.05) is 20.1 Å². The lowest BCUT2D eigenvalue weighted by atomic mass is 10.2. The largest absolute Gasteiger partial charge is 0.372 e. The predicted molar refractivity (Wildman–Crippen MR) is 58.5 cm³/mol. The van der Waals surface area contributed by atoms with Crippen molar-refractivity contribution >= 4 is 17.3 Å². The first kappa shape index (κ1) is 11.3. The Hall–Kier alpha value is -0.800. The summed E-state index contributed by atoms with van der Waals surface area (Å²) in [5.74, 6) is -0.242. The molecule has 0 atom stereocenters. The van der Waals surface area contributed by atoms with E-state index in [-0.39, 0.29) is 5.82 Å². The number of rotatable bonds is 3. The van der Waals surface area contributed by atoms with Gasteiger partial charge in [0.25, 0.3) is 0 Å². The molecule has 1 aromatic rings. The van der Waals surface area contributed by atoms with Crippen molar-refractivity contribution in [2.24, 2.45) is 5.73 Å². The lowest BCUT2D eigenvalue weighted by molar-refractivity contribution is 0.618. The smallest absolute Gasteiger partial charge is 0.128 e. The molecule has 2 N–H and O–H groups in total. The monoisotopic (exact) mass is 216 g/mol. The van der Waals surface area contributed by atoms with E-state index in [1.165, 1.54) is 6.07 Å². The molecule has 2 nitrogen and oxygen atoms in total. The van der Waals surface area contributed by atoms with Crippen LogP contribution in [0.1, 0.15) is 5.56 Å². The SMILES string of the molecule is Cc1cc(Cl)c(N(C)CCN)cc1F. The van der Waals surface area contributed by atoms with Gasteiger partial charge in [-0.15, -0.1) is 0 Å². The van der Waals surface area contributed by atoms with Gasteiger partial charge >= 0.3 is 0 Å². The van der Waals surface area contributed by atoms with Crippen LogP contribution in [0.15, 0.2) is 12.1 Å². The maximum Gasteiger partial charge on any atom is 0.128 e. The summed E-state index contributed by atoms with van der Waals surface area (Å²) in [5.41, 5.74) is 6.64. The van der Waals surface area contributed by atoms with Crippen molar-refractivity contribution in [1.29, 1.82) is 0 Å².